The molecule has 0 saturated heterocycles. The number of hydrogen-bond acceptors (Lipinski definition) is 10. The number of carboxylic acids is 1. The van der Waals surface area contributed by atoms with Crippen LogP contribution in [0.3, 0.4) is 0 Å². The van der Waals surface area contributed by atoms with Crippen molar-refractivity contribution in [3.63, 3.8) is 0 Å². The van der Waals surface area contributed by atoms with Gasteiger partial charge in [-0.15, -0.1) is 0 Å². The summed E-state index contributed by atoms with van der Waals surface area (Å²) in [5, 5.41) is 42.3. The number of nitrogens with one attached hydrogen (secondary N) is 5. The van der Waals surface area contributed by atoms with Crippen molar-refractivity contribution in [2.24, 2.45) is 11.7 Å². The summed E-state index contributed by atoms with van der Waals surface area (Å²) in [5.74, 6) is -5.93. The molecule has 1 unspecified atom stereocenters. The van der Waals surface area contributed by atoms with Crippen LogP contribution in [0.15, 0.2) is 115 Å². The lowest BCUT2D eigenvalue weighted by Crippen LogP contribution is -2.46. The molecule has 0 fully saturated rings. The van der Waals surface area contributed by atoms with Gasteiger partial charge in [-0.2, -0.15) is 5.26 Å². The maximum Gasteiger partial charge on any atom is 0.335 e. The molecule has 0 aliphatic heterocycles. The van der Waals surface area contributed by atoms with Crippen LogP contribution < -0.4 is 37.1 Å². The molecule has 0 heterocycles. The maximum atomic E-state index is 13.4. The molecule has 0 aromatic heterocycles. The number of hydrogen-bond donors (Lipinski definition) is 8. The summed E-state index contributed by atoms with van der Waals surface area (Å²) in [6.07, 6.45) is 1.12. The molecule has 17 heteroatoms. The minimum Gasteiger partial charge on any atom is -0.504 e. The molecular formula is C47H43N7O10. The molecule has 5 aromatic carbocycles. The highest BCUT2D eigenvalue weighted by molar-refractivity contribution is 6.10. The fraction of sp³-hybridized carbons (Fsp3) is 0.149. The van der Waals surface area contributed by atoms with E-state index in [1.165, 1.54) is 84.9 Å². The Bertz CT molecular complexity index is 2650. The predicted octanol–water partition coefficient (Wildman–Crippen LogP) is 6.16. The fourth-order valence-corrected chi connectivity index (χ4v) is 5.83. The van der Waals surface area contributed by atoms with Gasteiger partial charge in [-0.25, -0.2) is 4.79 Å². The van der Waals surface area contributed by atoms with E-state index >= 15 is 0 Å². The van der Waals surface area contributed by atoms with Crippen LogP contribution in [0.1, 0.15) is 79.8 Å². The first-order valence-corrected chi connectivity index (χ1v) is 19.6. The van der Waals surface area contributed by atoms with Crippen molar-refractivity contribution >= 4 is 70.2 Å². The first-order chi connectivity index (χ1) is 30.5. The minimum absolute atomic E-state index is 0.000443. The lowest BCUT2D eigenvalue weighted by Gasteiger charge is -2.18. The Morgan fingerprint density at radius 2 is 1.25 bits per heavy atom. The normalized spacial score (nSPS) is 11.3. The zero-order valence-electron chi connectivity index (χ0n) is 34.7. The molecule has 0 aliphatic rings. The number of nitrogens with zero attached hydrogens (tertiary/aromatic N) is 1. The van der Waals surface area contributed by atoms with Crippen LogP contribution in [0.4, 0.5) is 22.7 Å². The Balaban J connectivity index is 1.21. The number of anilines is 4. The number of carbonyl (C=O) groups is 7. The molecule has 0 spiro atoms. The number of primary amides is 1. The zero-order valence-corrected chi connectivity index (χ0v) is 34.7. The van der Waals surface area contributed by atoms with Crippen molar-refractivity contribution in [3.05, 3.63) is 148 Å². The highest BCUT2D eigenvalue weighted by atomic mass is 16.5. The SMILES string of the molecule is C/C(=C\c1ccc(C#N)cc1)C(=O)Nc1ccc(C(=O)NC(CC(N)=O)C(=O)Nc2ccc(C(=O)Nc3ccc(C(=O)Nc4ccc(C(=O)O)cc4)c(O)c3OCC(C)C)cc2)cc1. The Hall–Kier alpha value is -8.78. The minimum atomic E-state index is -1.39. The van der Waals surface area contributed by atoms with Gasteiger partial charge in [0.25, 0.3) is 23.6 Å². The van der Waals surface area contributed by atoms with Crippen LogP contribution >= 0.6 is 0 Å². The Kier molecular flexibility index (Phi) is 15.3. The Morgan fingerprint density at radius 3 is 1.80 bits per heavy atom. The van der Waals surface area contributed by atoms with Crippen LogP contribution in [0.25, 0.3) is 6.08 Å². The summed E-state index contributed by atoms with van der Waals surface area (Å²) in [6.45, 7) is 5.48. The van der Waals surface area contributed by atoms with Gasteiger partial charge in [0.1, 0.15) is 6.04 Å². The Labute approximate surface area is 366 Å². The summed E-state index contributed by atoms with van der Waals surface area (Å²) in [6, 6.07) is 26.9. The second-order valence-electron chi connectivity index (χ2n) is 14.7. The number of nitriles is 1. The lowest BCUT2D eigenvalue weighted by molar-refractivity contribution is -0.123. The molecule has 9 N–H and O–H groups in total. The number of aromatic hydroxyl groups is 1. The molecular weight excluding hydrogens is 823 g/mol. The second kappa shape index (κ2) is 21.1. The van der Waals surface area contributed by atoms with E-state index in [0.717, 1.165) is 5.56 Å². The van der Waals surface area contributed by atoms with E-state index in [4.69, 9.17) is 20.8 Å². The number of aromatic carboxylic acids is 1. The fourth-order valence-electron chi connectivity index (χ4n) is 5.83. The topological polar surface area (TPSA) is 279 Å². The molecule has 326 valence electrons. The molecule has 0 bridgehead atoms. The number of phenolic OH excluding ortho intramolecular Hbond substituents is 1. The number of amides is 6. The van der Waals surface area contributed by atoms with Crippen LogP contribution in [-0.4, -0.2) is 64.3 Å². The molecule has 6 amide bonds. The Morgan fingerprint density at radius 1 is 0.703 bits per heavy atom. The quantitative estimate of drug-likeness (QED) is 0.0490. The third-order valence-electron chi connectivity index (χ3n) is 9.20. The van der Waals surface area contributed by atoms with Gasteiger partial charge in [0.05, 0.1) is 41.5 Å². The highest BCUT2D eigenvalue weighted by Gasteiger charge is 2.25. The van der Waals surface area contributed by atoms with Gasteiger partial charge in [0, 0.05) is 33.8 Å². The number of phenols is 1. The van der Waals surface area contributed by atoms with Crippen molar-refractivity contribution in [2.45, 2.75) is 33.2 Å². The van der Waals surface area contributed by atoms with Gasteiger partial charge in [-0.05, 0) is 122 Å². The van der Waals surface area contributed by atoms with Crippen molar-refractivity contribution < 1.29 is 48.5 Å². The van der Waals surface area contributed by atoms with Gasteiger partial charge in [0.2, 0.25) is 11.8 Å². The number of carboxylic acid groups (broad SMARTS) is 1. The first kappa shape index (κ1) is 46.3. The van der Waals surface area contributed by atoms with E-state index in [9.17, 15) is 38.7 Å². The van der Waals surface area contributed by atoms with Crippen molar-refractivity contribution in [1.82, 2.24) is 5.32 Å². The van der Waals surface area contributed by atoms with E-state index in [0.29, 0.717) is 16.8 Å². The van der Waals surface area contributed by atoms with Gasteiger partial charge in [-0.3, -0.25) is 28.8 Å². The van der Waals surface area contributed by atoms with E-state index in [2.05, 4.69) is 26.6 Å². The van der Waals surface area contributed by atoms with Crippen molar-refractivity contribution in [3.8, 4) is 17.6 Å². The zero-order chi connectivity index (χ0) is 46.5. The first-order valence-electron chi connectivity index (χ1n) is 19.6. The smallest absolute Gasteiger partial charge is 0.335 e. The van der Waals surface area contributed by atoms with Crippen LogP contribution in [0.2, 0.25) is 0 Å². The average molecular weight is 866 g/mol. The standard InChI is InChI=1S/C47H43N7O10/c1-26(2)25-64-41-37(21-20-36(40(41)56)45(60)51-34-18-12-32(13-19-34)47(62)63)53-43(58)30-10-16-35(17-11-30)52-46(61)38(23-39(49)55)54-44(59)31-8-14-33(15-9-31)50-42(57)27(3)22-28-4-6-29(24-48)7-5-28/h4-22,26,38,56H,23,25H2,1-3H3,(H2,49,55)(H,50,57)(H,51,60)(H,52,61)(H,53,58)(H,54,59)(H,62,63)/b27-22+. The van der Waals surface area contributed by atoms with Gasteiger partial charge in [-0.1, -0.05) is 26.0 Å². The van der Waals surface area contributed by atoms with Crippen LogP contribution in [0.5, 0.6) is 11.5 Å². The van der Waals surface area contributed by atoms with E-state index in [1.54, 1.807) is 37.3 Å². The van der Waals surface area contributed by atoms with E-state index in [-0.39, 0.29) is 57.6 Å². The summed E-state index contributed by atoms with van der Waals surface area (Å²) in [4.78, 5) is 88.8. The molecule has 1 atom stereocenters. The van der Waals surface area contributed by atoms with Gasteiger partial charge < -0.3 is 47.3 Å². The molecule has 0 radical (unpaired) electrons. The largest absolute Gasteiger partial charge is 0.504 e. The predicted molar refractivity (Wildman–Crippen MR) is 238 cm³/mol. The lowest BCUT2D eigenvalue weighted by atomic mass is 10.1. The van der Waals surface area contributed by atoms with E-state index < -0.39 is 59.6 Å². The third-order valence-corrected chi connectivity index (χ3v) is 9.20. The number of benzene rings is 5. The second-order valence-corrected chi connectivity index (χ2v) is 14.7. The van der Waals surface area contributed by atoms with Crippen molar-refractivity contribution in [2.75, 3.05) is 27.9 Å². The van der Waals surface area contributed by atoms with Crippen molar-refractivity contribution in [1.29, 1.82) is 5.26 Å². The third kappa shape index (κ3) is 12.6. The molecule has 0 aliphatic carbocycles. The summed E-state index contributed by atoms with van der Waals surface area (Å²) < 4.78 is 5.82. The molecule has 17 nitrogen and oxygen atoms in total. The number of carbonyl (C=O) groups excluding carboxylic acids is 6. The van der Waals surface area contributed by atoms with E-state index in [1.807, 2.05) is 19.9 Å². The maximum absolute atomic E-state index is 13.4. The van der Waals surface area contributed by atoms with Crippen LogP contribution in [0, 0.1) is 17.2 Å². The monoisotopic (exact) mass is 865 g/mol. The highest BCUT2D eigenvalue weighted by Crippen LogP contribution is 2.39. The summed E-state index contributed by atoms with van der Waals surface area (Å²) >= 11 is 0. The molecule has 5 aromatic rings. The summed E-state index contributed by atoms with van der Waals surface area (Å²) in [5.41, 5.74) is 8.02. The number of nitrogens with two attached hydrogens (primary N) is 1. The summed E-state index contributed by atoms with van der Waals surface area (Å²) in [7, 11) is 0. The van der Waals surface area contributed by atoms with Gasteiger partial charge in [0.15, 0.2) is 11.5 Å². The van der Waals surface area contributed by atoms with Crippen LogP contribution in [-0.2, 0) is 14.4 Å². The number of ether oxygens (including phenoxy) is 1. The molecule has 0 saturated carbocycles. The average Bonchev–Trinajstić information content (AvgIpc) is 3.26. The molecule has 64 heavy (non-hydrogen) atoms. The molecule has 5 rings (SSSR count). The number of rotatable bonds is 17. The van der Waals surface area contributed by atoms with Gasteiger partial charge >= 0.3 is 5.97 Å².